The molecule has 3 rings (SSSR count). The van der Waals surface area contributed by atoms with Crippen LogP contribution in [0.15, 0.2) is 24.3 Å². The molecule has 4 nitrogen and oxygen atoms in total. The smallest absolute Gasteiger partial charge is 0.307 e. The number of fused-ring (bicyclic) bond motifs is 1. The van der Waals surface area contributed by atoms with Gasteiger partial charge in [-0.2, -0.15) is 0 Å². The highest BCUT2D eigenvalue weighted by Crippen LogP contribution is 2.38. The van der Waals surface area contributed by atoms with Crippen LogP contribution in [0.4, 0.5) is 0 Å². The number of carbonyl (C=O) groups is 2. The summed E-state index contributed by atoms with van der Waals surface area (Å²) in [6.07, 6.45) is 3.09. The summed E-state index contributed by atoms with van der Waals surface area (Å²) in [6, 6.07) is 7.91. The normalized spacial score (nSPS) is 21.2. The molecule has 0 N–H and O–H groups in total. The SMILES string of the molecule is COC(=O)C[C@@H]1c2ccccc2CCN1C(=O)C1CC1. The molecule has 20 heavy (non-hydrogen) atoms. The Bertz CT molecular complexity index is 536. The minimum atomic E-state index is -0.264. The maximum absolute atomic E-state index is 12.4. The molecule has 106 valence electrons. The monoisotopic (exact) mass is 273 g/mol. The predicted octanol–water partition coefficient (Wildman–Crippen LogP) is 2.09. The van der Waals surface area contributed by atoms with Gasteiger partial charge >= 0.3 is 5.97 Å². The topological polar surface area (TPSA) is 46.6 Å². The lowest BCUT2D eigenvalue weighted by Gasteiger charge is -2.37. The standard InChI is InChI=1S/C16H19NO3/c1-20-15(18)10-14-13-5-3-2-4-11(13)8-9-17(14)16(19)12-6-7-12/h2-5,12,14H,6-10H2,1H3/t14-/m1/s1. The maximum atomic E-state index is 12.4. The average Bonchev–Trinajstić information content (AvgIpc) is 3.31. The lowest BCUT2D eigenvalue weighted by Crippen LogP contribution is -2.41. The van der Waals surface area contributed by atoms with Gasteiger partial charge in [-0.3, -0.25) is 9.59 Å². The molecular weight excluding hydrogens is 254 g/mol. The number of hydrogen-bond acceptors (Lipinski definition) is 3. The first-order chi connectivity index (χ1) is 9.70. The molecule has 1 fully saturated rings. The third-order valence-electron chi connectivity index (χ3n) is 4.21. The van der Waals surface area contributed by atoms with E-state index >= 15 is 0 Å². The molecule has 1 aliphatic carbocycles. The second-order valence-corrected chi connectivity index (χ2v) is 5.55. The molecule has 0 spiro atoms. The minimum Gasteiger partial charge on any atom is -0.469 e. The zero-order valence-electron chi connectivity index (χ0n) is 11.7. The zero-order valence-corrected chi connectivity index (χ0v) is 11.7. The van der Waals surface area contributed by atoms with Crippen LogP contribution in [0.5, 0.6) is 0 Å². The summed E-state index contributed by atoms with van der Waals surface area (Å²) >= 11 is 0. The number of rotatable bonds is 3. The van der Waals surface area contributed by atoms with Crippen molar-refractivity contribution in [2.45, 2.75) is 31.7 Å². The molecule has 1 aliphatic heterocycles. The quantitative estimate of drug-likeness (QED) is 0.792. The van der Waals surface area contributed by atoms with Gasteiger partial charge in [0.1, 0.15) is 0 Å². The second-order valence-electron chi connectivity index (χ2n) is 5.55. The Balaban J connectivity index is 1.90. The van der Waals surface area contributed by atoms with E-state index < -0.39 is 0 Å². The van der Waals surface area contributed by atoms with Gasteiger partial charge in [0.05, 0.1) is 19.6 Å². The summed E-state index contributed by atoms with van der Waals surface area (Å²) in [4.78, 5) is 26.0. The number of amides is 1. The van der Waals surface area contributed by atoms with Crippen LogP contribution in [0.3, 0.4) is 0 Å². The first-order valence-electron chi connectivity index (χ1n) is 7.16. The average molecular weight is 273 g/mol. The van der Waals surface area contributed by atoms with Crippen molar-refractivity contribution in [3.05, 3.63) is 35.4 Å². The Kier molecular flexibility index (Phi) is 3.47. The van der Waals surface area contributed by atoms with Gasteiger partial charge in [-0.25, -0.2) is 0 Å². The summed E-state index contributed by atoms with van der Waals surface area (Å²) in [7, 11) is 1.39. The minimum absolute atomic E-state index is 0.166. The Morgan fingerprint density at radius 3 is 2.75 bits per heavy atom. The zero-order chi connectivity index (χ0) is 14.1. The number of ether oxygens (including phenoxy) is 1. The van der Waals surface area contributed by atoms with Gasteiger partial charge in [0, 0.05) is 12.5 Å². The first kappa shape index (κ1) is 13.2. The van der Waals surface area contributed by atoms with Crippen molar-refractivity contribution in [3.8, 4) is 0 Å². The largest absolute Gasteiger partial charge is 0.469 e. The van der Waals surface area contributed by atoms with Gasteiger partial charge in [-0.15, -0.1) is 0 Å². The Morgan fingerprint density at radius 1 is 1.30 bits per heavy atom. The number of nitrogens with zero attached hydrogens (tertiary/aromatic N) is 1. The van der Waals surface area contributed by atoms with Crippen molar-refractivity contribution in [3.63, 3.8) is 0 Å². The Labute approximate surface area is 118 Å². The van der Waals surface area contributed by atoms with Gasteiger partial charge < -0.3 is 9.64 Å². The van der Waals surface area contributed by atoms with Crippen molar-refractivity contribution in [1.82, 2.24) is 4.90 Å². The van der Waals surface area contributed by atoms with E-state index in [0.717, 1.165) is 24.8 Å². The van der Waals surface area contributed by atoms with Crippen molar-refractivity contribution < 1.29 is 14.3 Å². The Hall–Kier alpha value is -1.84. The number of esters is 1. The third kappa shape index (κ3) is 2.42. The van der Waals surface area contributed by atoms with Crippen LogP contribution in [-0.4, -0.2) is 30.4 Å². The highest BCUT2D eigenvalue weighted by molar-refractivity contribution is 5.82. The molecule has 0 saturated heterocycles. The second kappa shape index (κ2) is 5.27. The van der Waals surface area contributed by atoms with Crippen LogP contribution in [0, 0.1) is 5.92 Å². The van der Waals surface area contributed by atoms with Gasteiger partial charge in [0.15, 0.2) is 0 Å². The fraction of sp³-hybridized carbons (Fsp3) is 0.500. The van der Waals surface area contributed by atoms with Crippen molar-refractivity contribution in [2.24, 2.45) is 5.92 Å². The summed E-state index contributed by atoms with van der Waals surface area (Å²) < 4.78 is 4.80. The van der Waals surface area contributed by atoms with E-state index in [4.69, 9.17) is 4.74 Å². The highest BCUT2D eigenvalue weighted by atomic mass is 16.5. The van der Waals surface area contributed by atoms with Crippen LogP contribution in [0.25, 0.3) is 0 Å². The van der Waals surface area contributed by atoms with E-state index in [1.807, 2.05) is 23.1 Å². The fourth-order valence-corrected chi connectivity index (χ4v) is 2.94. The molecule has 0 bridgehead atoms. The van der Waals surface area contributed by atoms with E-state index in [1.165, 1.54) is 12.7 Å². The van der Waals surface area contributed by atoms with Gasteiger partial charge in [0.2, 0.25) is 5.91 Å². The third-order valence-corrected chi connectivity index (χ3v) is 4.21. The van der Waals surface area contributed by atoms with Crippen LogP contribution >= 0.6 is 0 Å². The van der Waals surface area contributed by atoms with E-state index in [1.54, 1.807) is 0 Å². The molecule has 1 aromatic rings. The molecule has 1 aromatic carbocycles. The van der Waals surface area contributed by atoms with Crippen LogP contribution in [0.2, 0.25) is 0 Å². The molecule has 0 unspecified atom stereocenters. The summed E-state index contributed by atoms with van der Waals surface area (Å²) in [5, 5.41) is 0. The highest BCUT2D eigenvalue weighted by Gasteiger charge is 2.39. The molecule has 1 saturated carbocycles. The van der Waals surface area contributed by atoms with Crippen LogP contribution in [-0.2, 0) is 20.7 Å². The summed E-state index contributed by atoms with van der Waals surface area (Å²) in [5.74, 6) is 0.120. The lowest BCUT2D eigenvalue weighted by atomic mass is 9.90. The van der Waals surface area contributed by atoms with Crippen LogP contribution < -0.4 is 0 Å². The lowest BCUT2D eigenvalue weighted by molar-refractivity contribution is -0.144. The molecule has 0 aromatic heterocycles. The molecule has 0 radical (unpaired) electrons. The molecule has 1 atom stereocenters. The van der Waals surface area contributed by atoms with E-state index in [-0.39, 0.29) is 30.3 Å². The van der Waals surface area contributed by atoms with Crippen molar-refractivity contribution in [2.75, 3.05) is 13.7 Å². The van der Waals surface area contributed by atoms with Gasteiger partial charge in [0.25, 0.3) is 0 Å². The molecule has 1 amide bonds. The number of methoxy groups -OCH3 is 1. The van der Waals surface area contributed by atoms with Crippen molar-refractivity contribution in [1.29, 1.82) is 0 Å². The van der Waals surface area contributed by atoms with E-state index in [2.05, 4.69) is 6.07 Å². The number of hydrogen-bond donors (Lipinski definition) is 0. The first-order valence-corrected chi connectivity index (χ1v) is 7.16. The van der Waals surface area contributed by atoms with Crippen molar-refractivity contribution >= 4 is 11.9 Å². The van der Waals surface area contributed by atoms with E-state index in [9.17, 15) is 9.59 Å². The molecule has 2 aliphatic rings. The van der Waals surface area contributed by atoms with Crippen LogP contribution in [0.1, 0.15) is 36.4 Å². The van der Waals surface area contributed by atoms with Gasteiger partial charge in [-0.1, -0.05) is 24.3 Å². The molecule has 1 heterocycles. The van der Waals surface area contributed by atoms with Gasteiger partial charge in [-0.05, 0) is 30.4 Å². The molecule has 4 heteroatoms. The predicted molar refractivity (Wildman–Crippen MR) is 74.0 cm³/mol. The number of benzene rings is 1. The summed E-state index contributed by atoms with van der Waals surface area (Å²) in [5.41, 5.74) is 2.33. The maximum Gasteiger partial charge on any atom is 0.307 e. The fourth-order valence-electron chi connectivity index (χ4n) is 2.94. The summed E-state index contributed by atoms with van der Waals surface area (Å²) in [6.45, 7) is 0.702. The number of carbonyl (C=O) groups excluding carboxylic acids is 2. The Morgan fingerprint density at radius 2 is 2.05 bits per heavy atom. The van der Waals surface area contributed by atoms with E-state index in [0.29, 0.717) is 6.54 Å². The molecular formula is C16H19NO3.